The van der Waals surface area contributed by atoms with Crippen LogP contribution in [0.15, 0.2) is 69.2 Å². The molecule has 0 aliphatic heterocycles. The van der Waals surface area contributed by atoms with Crippen molar-refractivity contribution in [3.05, 3.63) is 87.3 Å². The molecule has 2 aromatic heterocycles. The van der Waals surface area contributed by atoms with E-state index in [1.165, 1.54) is 5.56 Å². The van der Waals surface area contributed by atoms with Gasteiger partial charge in [-0.1, -0.05) is 54.2 Å². The van der Waals surface area contributed by atoms with E-state index in [4.69, 9.17) is 0 Å². The molecule has 0 saturated heterocycles. The average Bonchev–Trinajstić information content (AvgIpc) is 3.20. The topological polar surface area (TPSA) is 44.8 Å². The van der Waals surface area contributed by atoms with Gasteiger partial charge in [0.15, 0.2) is 0 Å². The Morgan fingerprint density at radius 1 is 1.11 bits per heavy atom. The third-order valence-corrected chi connectivity index (χ3v) is 6.57. The molecule has 2 aromatic carbocycles. The number of rotatable bonds is 6. The standard InChI is InChI=1S/C20H20N4OS2/c1-15-7-6-10-18(17(15)14-27-19-21-11-12-26-19)24-20(25)23(22(24)2)13-16-8-4-3-5-9-16/h3-12H,13-14H2,1-2H3. The number of nitrogens with zero attached hydrogens (tertiary/aromatic N) is 4. The van der Waals surface area contributed by atoms with Crippen LogP contribution in [0.25, 0.3) is 5.69 Å². The Labute approximate surface area is 165 Å². The second-order valence-corrected chi connectivity index (χ2v) is 8.40. The predicted octanol–water partition coefficient (Wildman–Crippen LogP) is 4.08. The zero-order valence-electron chi connectivity index (χ0n) is 15.2. The summed E-state index contributed by atoms with van der Waals surface area (Å²) in [6.07, 6.45) is 1.82. The number of benzene rings is 2. The molecule has 0 fully saturated rings. The van der Waals surface area contributed by atoms with Crippen molar-refractivity contribution in [1.29, 1.82) is 0 Å². The highest BCUT2D eigenvalue weighted by molar-refractivity contribution is 8.00. The van der Waals surface area contributed by atoms with Crippen LogP contribution in [0.3, 0.4) is 0 Å². The summed E-state index contributed by atoms with van der Waals surface area (Å²) in [4.78, 5) is 19.1. The fraction of sp³-hybridized carbons (Fsp3) is 0.200. The van der Waals surface area contributed by atoms with Gasteiger partial charge in [0.25, 0.3) is 0 Å². The van der Waals surface area contributed by atoms with Crippen LogP contribution in [-0.2, 0) is 19.3 Å². The van der Waals surface area contributed by atoms with Crippen LogP contribution in [0.4, 0.5) is 0 Å². The van der Waals surface area contributed by atoms with Gasteiger partial charge in [0.2, 0.25) is 0 Å². The van der Waals surface area contributed by atoms with Crippen molar-refractivity contribution in [3.8, 4) is 5.69 Å². The van der Waals surface area contributed by atoms with Crippen molar-refractivity contribution in [2.24, 2.45) is 7.05 Å². The van der Waals surface area contributed by atoms with Crippen LogP contribution < -0.4 is 5.69 Å². The summed E-state index contributed by atoms with van der Waals surface area (Å²) in [5.74, 6) is 0.784. The SMILES string of the molecule is Cc1cccc(-n2c(=O)n(Cc3ccccc3)n2C)c1CSc1nccs1. The van der Waals surface area contributed by atoms with Gasteiger partial charge in [-0.05, 0) is 29.7 Å². The Morgan fingerprint density at radius 3 is 2.63 bits per heavy atom. The number of thiazole rings is 1. The lowest BCUT2D eigenvalue weighted by Gasteiger charge is -2.26. The van der Waals surface area contributed by atoms with Crippen molar-refractivity contribution < 1.29 is 0 Å². The van der Waals surface area contributed by atoms with Crippen molar-refractivity contribution in [2.45, 2.75) is 23.6 Å². The van der Waals surface area contributed by atoms with E-state index >= 15 is 0 Å². The van der Waals surface area contributed by atoms with Crippen molar-refractivity contribution in [1.82, 2.24) is 19.1 Å². The smallest absolute Gasteiger partial charge is 0.244 e. The van der Waals surface area contributed by atoms with Gasteiger partial charge in [-0.25, -0.2) is 19.3 Å². The van der Waals surface area contributed by atoms with E-state index in [0.717, 1.165) is 26.9 Å². The molecule has 0 aliphatic carbocycles. The molecule has 0 saturated carbocycles. The lowest BCUT2D eigenvalue weighted by molar-refractivity contribution is 0.311. The first-order chi connectivity index (χ1) is 13.1. The van der Waals surface area contributed by atoms with Gasteiger partial charge in [-0.2, -0.15) is 4.68 Å². The summed E-state index contributed by atoms with van der Waals surface area (Å²) in [5.41, 5.74) is 4.39. The lowest BCUT2D eigenvalue weighted by Crippen LogP contribution is -2.49. The van der Waals surface area contributed by atoms with E-state index in [-0.39, 0.29) is 5.69 Å². The summed E-state index contributed by atoms with van der Waals surface area (Å²) >= 11 is 3.34. The second kappa shape index (κ2) is 7.62. The van der Waals surface area contributed by atoms with E-state index < -0.39 is 0 Å². The molecule has 5 nitrogen and oxygen atoms in total. The Bertz CT molecular complexity index is 1090. The van der Waals surface area contributed by atoms with Gasteiger partial charge in [0.05, 0.1) is 12.2 Å². The highest BCUT2D eigenvalue weighted by Gasteiger charge is 2.19. The van der Waals surface area contributed by atoms with Gasteiger partial charge in [0.1, 0.15) is 4.34 Å². The van der Waals surface area contributed by atoms with Crippen LogP contribution in [0.2, 0.25) is 0 Å². The molecule has 0 bridgehead atoms. The van der Waals surface area contributed by atoms with Crippen LogP contribution >= 0.6 is 23.1 Å². The molecule has 0 unspecified atom stereocenters. The van der Waals surface area contributed by atoms with E-state index in [0.29, 0.717) is 6.54 Å². The molecule has 0 aliphatic rings. The van der Waals surface area contributed by atoms with Crippen molar-refractivity contribution in [3.63, 3.8) is 0 Å². The van der Waals surface area contributed by atoms with Gasteiger partial charge >= 0.3 is 5.69 Å². The molecule has 0 radical (unpaired) electrons. The van der Waals surface area contributed by atoms with Crippen molar-refractivity contribution in [2.75, 3.05) is 0 Å². The van der Waals surface area contributed by atoms with Gasteiger partial charge in [-0.3, -0.25) is 0 Å². The maximum atomic E-state index is 12.9. The summed E-state index contributed by atoms with van der Waals surface area (Å²) in [6.45, 7) is 2.66. The molecule has 4 rings (SSSR count). The fourth-order valence-corrected chi connectivity index (χ4v) is 4.86. The first-order valence-corrected chi connectivity index (χ1v) is 10.5. The molecule has 0 atom stereocenters. The number of hydrogen-bond acceptors (Lipinski definition) is 4. The Balaban J connectivity index is 1.65. The Kier molecular flexibility index (Phi) is 5.05. The average molecular weight is 397 g/mol. The van der Waals surface area contributed by atoms with Gasteiger partial charge < -0.3 is 0 Å². The highest BCUT2D eigenvalue weighted by atomic mass is 32.2. The number of aromatic nitrogens is 4. The highest BCUT2D eigenvalue weighted by Crippen LogP contribution is 2.29. The first kappa shape index (κ1) is 17.9. The molecule has 4 aromatic rings. The van der Waals surface area contributed by atoms with E-state index in [1.54, 1.807) is 32.5 Å². The molecule has 0 N–H and O–H groups in total. The predicted molar refractivity (Wildman–Crippen MR) is 111 cm³/mol. The number of aryl methyl sites for hydroxylation is 1. The minimum absolute atomic E-state index is 0.00699. The minimum atomic E-state index is -0.00699. The molecule has 138 valence electrons. The monoisotopic (exact) mass is 396 g/mol. The fourth-order valence-electron chi connectivity index (χ4n) is 3.10. The summed E-state index contributed by atoms with van der Waals surface area (Å²) in [5, 5.41) is 1.98. The molecule has 27 heavy (non-hydrogen) atoms. The maximum absolute atomic E-state index is 12.9. The zero-order valence-corrected chi connectivity index (χ0v) is 16.8. The molecule has 0 spiro atoms. The summed E-state index contributed by atoms with van der Waals surface area (Å²) in [7, 11) is 1.92. The number of thioether (sulfide) groups is 1. The molecular formula is C20H20N4OS2. The Morgan fingerprint density at radius 2 is 1.93 bits per heavy atom. The van der Waals surface area contributed by atoms with E-state index in [2.05, 4.69) is 18.0 Å². The summed E-state index contributed by atoms with van der Waals surface area (Å²) in [6, 6.07) is 16.1. The van der Waals surface area contributed by atoms with Gasteiger partial charge in [-0.15, -0.1) is 11.3 Å². The maximum Gasteiger partial charge on any atom is 0.365 e. The van der Waals surface area contributed by atoms with Crippen molar-refractivity contribution >= 4 is 23.1 Å². The Hall–Kier alpha value is -2.51. The van der Waals surface area contributed by atoms with E-state index in [1.807, 2.05) is 65.9 Å². The number of hydrogen-bond donors (Lipinski definition) is 0. The molecule has 2 heterocycles. The summed E-state index contributed by atoms with van der Waals surface area (Å²) < 4.78 is 4.53. The molecule has 7 heteroatoms. The van der Waals surface area contributed by atoms with Crippen LogP contribution in [0, 0.1) is 6.92 Å². The normalized spacial score (nSPS) is 11.2. The van der Waals surface area contributed by atoms with Gasteiger partial charge in [0, 0.05) is 24.4 Å². The minimum Gasteiger partial charge on any atom is -0.244 e. The molecular weight excluding hydrogens is 376 g/mol. The first-order valence-electron chi connectivity index (χ1n) is 8.65. The molecule has 0 amide bonds. The third-order valence-electron chi connectivity index (χ3n) is 4.58. The van der Waals surface area contributed by atoms with Crippen LogP contribution in [-0.4, -0.2) is 19.1 Å². The zero-order chi connectivity index (χ0) is 18.8. The second-order valence-electron chi connectivity index (χ2n) is 6.29. The van der Waals surface area contributed by atoms with Crippen LogP contribution in [0.5, 0.6) is 0 Å². The largest absolute Gasteiger partial charge is 0.365 e. The van der Waals surface area contributed by atoms with E-state index in [9.17, 15) is 4.79 Å². The third kappa shape index (κ3) is 3.52. The van der Waals surface area contributed by atoms with Crippen LogP contribution in [0.1, 0.15) is 16.7 Å². The quantitative estimate of drug-likeness (QED) is 0.461. The lowest BCUT2D eigenvalue weighted by atomic mass is 10.1.